The Labute approximate surface area is 78.3 Å². The molecule has 1 aromatic heterocycles. The molecular weight excluding hydrogens is 186 g/mol. The van der Waals surface area contributed by atoms with E-state index in [-0.39, 0.29) is 0 Å². The quantitative estimate of drug-likeness (QED) is 0.665. The highest BCUT2D eigenvalue weighted by Gasteiger charge is 2.09. The average Bonchev–Trinajstić information content (AvgIpc) is 2.71. The number of aromatic nitrogens is 1. The van der Waals surface area contributed by atoms with E-state index in [0.29, 0.717) is 11.5 Å². The molecule has 1 N–H and O–H groups in total. The third-order valence-corrected chi connectivity index (χ3v) is 2.22. The van der Waals surface area contributed by atoms with Crippen LogP contribution in [-0.2, 0) is 4.79 Å². The molecule has 0 fully saturated rings. The Morgan fingerprint density at radius 3 is 3.15 bits per heavy atom. The fourth-order valence-electron chi connectivity index (χ4n) is 0.896. The number of aliphatic imine (C=N–C) groups is 1. The zero-order valence-electron chi connectivity index (χ0n) is 6.52. The molecule has 0 bridgehead atoms. The fraction of sp³-hybridized carbons (Fsp3) is 0. The lowest BCUT2D eigenvalue weighted by Crippen LogP contribution is -2.25. The van der Waals surface area contributed by atoms with Crippen LogP contribution in [0.3, 0.4) is 0 Å². The third kappa shape index (κ3) is 1.56. The van der Waals surface area contributed by atoms with Gasteiger partial charge < -0.3 is 5.32 Å². The molecule has 0 aromatic carbocycles. The molecule has 64 valence electrons. The summed E-state index contributed by atoms with van der Waals surface area (Å²) in [4.78, 5) is 18.4. The van der Waals surface area contributed by atoms with Crippen molar-refractivity contribution < 1.29 is 4.79 Å². The summed E-state index contributed by atoms with van der Waals surface area (Å²) in [6.07, 6.45) is 4.80. The summed E-state index contributed by atoms with van der Waals surface area (Å²) in [7, 11) is 0. The van der Waals surface area contributed by atoms with Crippen LogP contribution >= 0.6 is 11.3 Å². The molecule has 1 aliphatic heterocycles. The Hall–Kier alpha value is -1.71. The van der Waals surface area contributed by atoms with Crippen molar-refractivity contribution in [3.05, 3.63) is 34.6 Å². The number of amidine groups is 1. The van der Waals surface area contributed by atoms with E-state index in [1.165, 1.54) is 11.3 Å². The molecule has 2 rings (SSSR count). The largest absolute Gasteiger partial charge is 0.329 e. The fourth-order valence-corrected chi connectivity index (χ4v) is 1.48. The van der Waals surface area contributed by atoms with Gasteiger partial charge in [-0.15, -0.1) is 11.3 Å². The van der Waals surface area contributed by atoms with Crippen molar-refractivity contribution in [1.82, 2.24) is 10.3 Å². The molecule has 0 unspecified atom stereocenters. The second-order valence-electron chi connectivity index (χ2n) is 2.27. The lowest BCUT2D eigenvalue weighted by atomic mass is 10.4. The van der Waals surface area contributed by atoms with E-state index in [1.54, 1.807) is 24.4 Å². The molecule has 0 spiro atoms. The van der Waals surface area contributed by atoms with Gasteiger partial charge in [0, 0.05) is 17.8 Å². The molecular formula is C8H5N3OS. The minimum Gasteiger partial charge on any atom is -0.329 e. The van der Waals surface area contributed by atoms with Crippen molar-refractivity contribution in [2.75, 3.05) is 0 Å². The maximum atomic E-state index is 10.3. The van der Waals surface area contributed by atoms with E-state index in [9.17, 15) is 4.79 Å². The van der Waals surface area contributed by atoms with Crippen LogP contribution in [0.15, 0.2) is 34.5 Å². The maximum Gasteiger partial charge on any atom is 0.167 e. The smallest absolute Gasteiger partial charge is 0.167 e. The molecule has 1 aliphatic rings. The number of carbonyl (C=O) groups excluding carboxylic acids is 1. The molecule has 0 amide bonds. The number of nitrogens with zero attached hydrogens (tertiary/aromatic N) is 2. The van der Waals surface area contributed by atoms with Crippen molar-refractivity contribution in [1.29, 1.82) is 0 Å². The number of rotatable bonds is 1. The Kier molecular flexibility index (Phi) is 2.04. The Morgan fingerprint density at radius 1 is 1.54 bits per heavy atom. The molecule has 13 heavy (non-hydrogen) atoms. The minimum atomic E-state index is 0.375. The predicted octanol–water partition coefficient (Wildman–Crippen LogP) is 0.722. The molecule has 4 nitrogen and oxygen atoms in total. The van der Waals surface area contributed by atoms with Gasteiger partial charge in [0.2, 0.25) is 0 Å². The van der Waals surface area contributed by atoms with Gasteiger partial charge in [-0.1, -0.05) is 0 Å². The number of hydrogen-bond acceptors (Lipinski definition) is 5. The van der Waals surface area contributed by atoms with Gasteiger partial charge in [-0.2, -0.15) is 0 Å². The number of hydrogen-bond donors (Lipinski definition) is 1. The van der Waals surface area contributed by atoms with Crippen molar-refractivity contribution >= 4 is 23.1 Å². The molecule has 0 aliphatic carbocycles. The molecule has 0 radical (unpaired) electrons. The summed E-state index contributed by atoms with van der Waals surface area (Å²) < 4.78 is 0. The first-order valence-electron chi connectivity index (χ1n) is 3.56. The molecule has 0 saturated carbocycles. The summed E-state index contributed by atoms with van der Waals surface area (Å²) in [6.45, 7) is 0. The number of allylic oxidation sites excluding steroid dienone is 1. The lowest BCUT2D eigenvalue weighted by Gasteiger charge is -2.07. The first-order valence-corrected chi connectivity index (χ1v) is 4.44. The van der Waals surface area contributed by atoms with E-state index in [2.05, 4.69) is 15.3 Å². The van der Waals surface area contributed by atoms with Gasteiger partial charge >= 0.3 is 0 Å². The van der Waals surface area contributed by atoms with E-state index >= 15 is 0 Å². The second kappa shape index (κ2) is 3.35. The van der Waals surface area contributed by atoms with E-state index < -0.39 is 0 Å². The third-order valence-electron chi connectivity index (χ3n) is 1.44. The van der Waals surface area contributed by atoms with Crippen LogP contribution in [0.5, 0.6) is 0 Å². The lowest BCUT2D eigenvalue weighted by molar-refractivity contribution is 0.566. The van der Waals surface area contributed by atoms with E-state index in [1.807, 2.05) is 5.38 Å². The summed E-state index contributed by atoms with van der Waals surface area (Å²) in [5.74, 6) is 2.35. The topological polar surface area (TPSA) is 54.4 Å². The molecule has 1 aromatic rings. The highest BCUT2D eigenvalue weighted by Crippen LogP contribution is 2.08. The average molecular weight is 191 g/mol. The first-order chi connectivity index (χ1) is 6.40. The van der Waals surface area contributed by atoms with Gasteiger partial charge in [0.15, 0.2) is 16.8 Å². The van der Waals surface area contributed by atoms with Gasteiger partial charge in [0.05, 0.1) is 0 Å². The van der Waals surface area contributed by atoms with Crippen LogP contribution in [0.2, 0.25) is 0 Å². The van der Waals surface area contributed by atoms with Crippen LogP contribution in [0, 0.1) is 0 Å². The number of nitrogens with one attached hydrogen (secondary N) is 1. The van der Waals surface area contributed by atoms with Crippen molar-refractivity contribution in [3.63, 3.8) is 0 Å². The highest BCUT2D eigenvalue weighted by molar-refractivity contribution is 7.11. The second-order valence-corrected chi connectivity index (χ2v) is 3.17. The summed E-state index contributed by atoms with van der Waals surface area (Å²) in [5, 5.41) is 5.42. The Morgan fingerprint density at radius 2 is 2.46 bits per heavy atom. The first kappa shape index (κ1) is 7.91. The van der Waals surface area contributed by atoms with E-state index in [0.717, 1.165) is 5.01 Å². The van der Waals surface area contributed by atoms with Crippen LogP contribution < -0.4 is 5.32 Å². The van der Waals surface area contributed by atoms with Crippen molar-refractivity contribution in [2.45, 2.75) is 0 Å². The zero-order valence-corrected chi connectivity index (χ0v) is 7.34. The van der Waals surface area contributed by atoms with Gasteiger partial charge in [0.25, 0.3) is 0 Å². The summed E-state index contributed by atoms with van der Waals surface area (Å²) in [6, 6.07) is 0. The maximum absolute atomic E-state index is 10.3. The van der Waals surface area contributed by atoms with Crippen LogP contribution in [-0.4, -0.2) is 16.8 Å². The summed E-state index contributed by atoms with van der Waals surface area (Å²) >= 11 is 1.46. The monoisotopic (exact) mass is 191 g/mol. The SMILES string of the molecule is O=C=C1C=CN=C(c2nccs2)N1. The van der Waals surface area contributed by atoms with Gasteiger partial charge in [-0.25, -0.2) is 14.8 Å². The van der Waals surface area contributed by atoms with Gasteiger partial charge in [-0.05, 0) is 6.08 Å². The van der Waals surface area contributed by atoms with Crippen LogP contribution in [0.25, 0.3) is 0 Å². The standard InChI is InChI=1S/C8H5N3OS/c12-5-6-1-2-9-7(11-6)8-10-3-4-13-8/h1-4H,(H,9,11). The Bertz CT molecular complexity index is 413. The van der Waals surface area contributed by atoms with Crippen molar-refractivity contribution in [3.8, 4) is 0 Å². The highest BCUT2D eigenvalue weighted by atomic mass is 32.1. The van der Waals surface area contributed by atoms with Crippen molar-refractivity contribution in [2.24, 2.45) is 4.99 Å². The molecule has 0 atom stereocenters. The zero-order chi connectivity index (χ0) is 9.10. The van der Waals surface area contributed by atoms with Crippen LogP contribution in [0.4, 0.5) is 0 Å². The molecule has 0 saturated heterocycles. The van der Waals surface area contributed by atoms with Gasteiger partial charge in [0.1, 0.15) is 5.70 Å². The predicted molar refractivity (Wildman–Crippen MR) is 50.1 cm³/mol. The minimum absolute atomic E-state index is 0.375. The van der Waals surface area contributed by atoms with E-state index in [4.69, 9.17) is 0 Å². The Balaban J connectivity index is 2.33. The molecule has 2 heterocycles. The molecule has 5 heteroatoms. The number of thiazole rings is 1. The normalized spacial score (nSPS) is 14.8. The summed E-state index contributed by atoms with van der Waals surface area (Å²) in [5.41, 5.74) is 0.375. The van der Waals surface area contributed by atoms with Gasteiger partial charge in [-0.3, -0.25) is 0 Å². The van der Waals surface area contributed by atoms with Crippen LogP contribution in [0.1, 0.15) is 5.01 Å².